The minimum Gasteiger partial charge on any atom is -0.526 e. The van der Waals surface area contributed by atoms with Gasteiger partial charge in [0.05, 0.1) is 0 Å². The second-order valence-electron chi connectivity index (χ2n) is 3.63. The molecule has 0 saturated carbocycles. The van der Waals surface area contributed by atoms with Crippen molar-refractivity contribution in [2.75, 3.05) is 27.8 Å². The highest BCUT2D eigenvalue weighted by Gasteiger charge is 2.04. The summed E-state index contributed by atoms with van der Waals surface area (Å²) in [7, 11) is 5.44. The molecule has 0 aliphatic heterocycles. The van der Waals surface area contributed by atoms with Crippen LogP contribution in [-0.4, -0.2) is 55.1 Å². The smallest absolute Gasteiger partial charge is 0.319 e. The van der Waals surface area contributed by atoms with E-state index >= 15 is 0 Å². The summed E-state index contributed by atoms with van der Waals surface area (Å²) in [5.74, 6) is -0.326. The van der Waals surface area contributed by atoms with Gasteiger partial charge in [0.2, 0.25) is 16.4 Å². The number of nitrogens with zero attached hydrogens (tertiary/aromatic N) is 1. The van der Waals surface area contributed by atoms with Gasteiger partial charge in [-0.1, -0.05) is 13.2 Å². The van der Waals surface area contributed by atoms with Crippen molar-refractivity contribution in [3.05, 3.63) is 24.8 Å². The van der Waals surface area contributed by atoms with Gasteiger partial charge in [-0.25, -0.2) is 4.79 Å². The summed E-state index contributed by atoms with van der Waals surface area (Å²) in [5, 5.41) is 0. The van der Waals surface area contributed by atoms with Crippen LogP contribution in [0.4, 0.5) is 0 Å². The van der Waals surface area contributed by atoms with Crippen LogP contribution in [-0.2, 0) is 18.8 Å². The van der Waals surface area contributed by atoms with Gasteiger partial charge in [0.25, 0.3) is 0 Å². The van der Waals surface area contributed by atoms with Gasteiger partial charge >= 0.3 is 5.97 Å². The lowest BCUT2D eigenvalue weighted by Crippen LogP contribution is -2.18. The molecule has 0 bridgehead atoms. The number of rotatable bonds is 6. The number of methoxy groups -OCH3 is 1. The standard InChI is InChI=1S/C7H14O3Si.C5H9NO/c1-6(7(8)10-11)4-3-5-9-2;1-4-5(7)6(2)3/h1,3-5H2,2,11H3;4H,1H2,2-3H3. The molecule has 0 fully saturated rings. The Labute approximate surface area is 112 Å². The maximum absolute atomic E-state index is 10.8. The normalized spacial score (nSPS) is 8.83. The molecule has 104 valence electrons. The van der Waals surface area contributed by atoms with Gasteiger partial charge in [0, 0.05) is 33.4 Å². The van der Waals surface area contributed by atoms with Crippen LogP contribution in [0.15, 0.2) is 24.8 Å². The van der Waals surface area contributed by atoms with E-state index in [0.29, 0.717) is 29.1 Å². The summed E-state index contributed by atoms with van der Waals surface area (Å²) in [6.07, 6.45) is 2.76. The Morgan fingerprint density at radius 2 is 1.94 bits per heavy atom. The number of likely N-dealkylation sites (N-methyl/N-ethyl adjacent to an activating group) is 1. The fraction of sp³-hybridized carbons (Fsp3) is 0.500. The first kappa shape index (κ1) is 18.9. The first-order valence-corrected chi connectivity index (χ1v) is 6.31. The highest BCUT2D eigenvalue weighted by molar-refractivity contribution is 6.09. The van der Waals surface area contributed by atoms with E-state index in [1.807, 2.05) is 0 Å². The van der Waals surface area contributed by atoms with Crippen LogP contribution in [0.5, 0.6) is 0 Å². The highest BCUT2D eigenvalue weighted by atomic mass is 28.2. The van der Waals surface area contributed by atoms with Gasteiger partial charge in [-0.3, -0.25) is 4.79 Å². The minimum absolute atomic E-state index is 0.0556. The molecule has 0 spiro atoms. The fourth-order valence-corrected chi connectivity index (χ4v) is 1.15. The van der Waals surface area contributed by atoms with Crippen LogP contribution in [0.25, 0.3) is 0 Å². The Morgan fingerprint density at radius 3 is 2.22 bits per heavy atom. The molecule has 0 radical (unpaired) electrons. The summed E-state index contributed by atoms with van der Waals surface area (Å²) < 4.78 is 9.42. The fourth-order valence-electron chi connectivity index (χ4n) is 0.859. The van der Waals surface area contributed by atoms with Gasteiger partial charge in [0.1, 0.15) is 0 Å². The van der Waals surface area contributed by atoms with Gasteiger partial charge in [-0.05, 0) is 18.9 Å². The Bertz CT molecular complexity index is 290. The number of hydrogen-bond acceptors (Lipinski definition) is 4. The molecule has 0 aromatic carbocycles. The monoisotopic (exact) mass is 273 g/mol. The molecule has 0 aromatic heterocycles. The second kappa shape index (κ2) is 12.1. The average molecular weight is 273 g/mol. The molecule has 5 nitrogen and oxygen atoms in total. The van der Waals surface area contributed by atoms with Crippen LogP contribution in [0.3, 0.4) is 0 Å². The molecule has 0 aromatic rings. The van der Waals surface area contributed by atoms with Crippen molar-refractivity contribution >= 4 is 22.4 Å². The molecule has 1 amide bonds. The van der Waals surface area contributed by atoms with Gasteiger partial charge in [-0.15, -0.1) is 0 Å². The van der Waals surface area contributed by atoms with E-state index in [-0.39, 0.29) is 11.9 Å². The van der Waals surface area contributed by atoms with E-state index in [1.54, 1.807) is 21.2 Å². The zero-order valence-corrected chi connectivity index (χ0v) is 13.7. The minimum atomic E-state index is -0.271. The topological polar surface area (TPSA) is 55.8 Å². The molecular weight excluding hydrogens is 250 g/mol. The maximum atomic E-state index is 10.8. The van der Waals surface area contributed by atoms with Crippen molar-refractivity contribution in [2.45, 2.75) is 12.8 Å². The third-order valence-corrected chi connectivity index (χ3v) is 2.29. The number of ether oxygens (including phenoxy) is 1. The Balaban J connectivity index is 0. The molecule has 6 heteroatoms. The van der Waals surface area contributed by atoms with Crippen LogP contribution in [0, 0.1) is 0 Å². The molecule has 0 atom stereocenters. The summed E-state index contributed by atoms with van der Waals surface area (Å²) >= 11 is 0. The first-order chi connectivity index (χ1) is 8.40. The quantitative estimate of drug-likeness (QED) is 0.390. The summed E-state index contributed by atoms with van der Waals surface area (Å²) in [4.78, 5) is 22.6. The van der Waals surface area contributed by atoms with Crippen molar-refractivity contribution in [1.82, 2.24) is 4.90 Å². The van der Waals surface area contributed by atoms with Crippen LogP contribution in [0.1, 0.15) is 12.8 Å². The van der Waals surface area contributed by atoms with Crippen LogP contribution >= 0.6 is 0 Å². The second-order valence-corrected chi connectivity index (χ2v) is 4.04. The maximum Gasteiger partial charge on any atom is 0.319 e. The third kappa shape index (κ3) is 11.1. The summed E-state index contributed by atoms with van der Waals surface area (Å²) in [6, 6.07) is 0. The lowest BCUT2D eigenvalue weighted by Gasteiger charge is -2.03. The van der Waals surface area contributed by atoms with Crippen molar-refractivity contribution < 1.29 is 18.8 Å². The Hall–Kier alpha value is -1.40. The molecule has 0 saturated heterocycles. The molecule has 0 N–H and O–H groups in total. The Morgan fingerprint density at radius 1 is 1.39 bits per heavy atom. The van der Waals surface area contributed by atoms with E-state index in [4.69, 9.17) is 4.74 Å². The lowest BCUT2D eigenvalue weighted by atomic mass is 10.2. The molecule has 0 rings (SSSR count). The van der Waals surface area contributed by atoms with Crippen molar-refractivity contribution in [3.63, 3.8) is 0 Å². The number of amides is 1. The van der Waals surface area contributed by atoms with Crippen molar-refractivity contribution in [2.24, 2.45) is 0 Å². The molecular formula is C12H23NO4Si. The van der Waals surface area contributed by atoms with Crippen LogP contribution < -0.4 is 0 Å². The number of carbonyl (C=O) groups is 2. The van der Waals surface area contributed by atoms with Crippen molar-refractivity contribution in [3.8, 4) is 0 Å². The van der Waals surface area contributed by atoms with E-state index in [2.05, 4.69) is 17.6 Å². The zero-order valence-electron chi connectivity index (χ0n) is 11.7. The average Bonchev–Trinajstić information content (AvgIpc) is 2.37. The van der Waals surface area contributed by atoms with Crippen molar-refractivity contribution in [1.29, 1.82) is 0 Å². The molecule has 0 heterocycles. The predicted octanol–water partition coefficient (Wildman–Crippen LogP) is 0.0534. The summed E-state index contributed by atoms with van der Waals surface area (Å²) in [6.45, 7) is 7.54. The highest BCUT2D eigenvalue weighted by Crippen LogP contribution is 2.03. The molecule has 18 heavy (non-hydrogen) atoms. The van der Waals surface area contributed by atoms with E-state index < -0.39 is 0 Å². The molecule has 0 unspecified atom stereocenters. The molecule has 0 aliphatic rings. The number of carbonyl (C=O) groups excluding carboxylic acids is 2. The van der Waals surface area contributed by atoms with Gasteiger partial charge in [-0.2, -0.15) is 0 Å². The lowest BCUT2D eigenvalue weighted by molar-refractivity contribution is -0.130. The Kier molecular flexibility index (Phi) is 12.7. The molecule has 0 aliphatic carbocycles. The SMILES string of the molecule is C=C(CCCOC)C(=O)O[SiH3].C=CC(=O)N(C)C. The van der Waals surface area contributed by atoms with Gasteiger partial charge < -0.3 is 14.1 Å². The van der Waals surface area contributed by atoms with Gasteiger partial charge in [0.15, 0.2) is 0 Å². The van der Waals surface area contributed by atoms with E-state index in [0.717, 1.165) is 6.42 Å². The predicted molar refractivity (Wildman–Crippen MR) is 75.2 cm³/mol. The van der Waals surface area contributed by atoms with Crippen LogP contribution in [0.2, 0.25) is 0 Å². The largest absolute Gasteiger partial charge is 0.526 e. The first-order valence-electron chi connectivity index (χ1n) is 5.49. The third-order valence-electron chi connectivity index (χ3n) is 1.92. The summed E-state index contributed by atoms with van der Waals surface area (Å²) in [5.41, 5.74) is 0.539. The zero-order chi connectivity index (χ0) is 14.6. The number of hydrogen-bond donors (Lipinski definition) is 0. The van der Waals surface area contributed by atoms with E-state index in [1.165, 1.54) is 11.0 Å². The van der Waals surface area contributed by atoms with E-state index in [9.17, 15) is 9.59 Å².